The first kappa shape index (κ1) is 48.6. The van der Waals surface area contributed by atoms with Crippen molar-refractivity contribution in [3.05, 3.63) is 48.6 Å². The molecule has 0 aliphatic heterocycles. The molecular weight excluding hydrogens is 675 g/mol. The molecule has 0 amide bonds. The zero-order valence-electron chi connectivity index (χ0n) is 31.5. The van der Waals surface area contributed by atoms with Crippen LogP contribution in [0.2, 0.25) is 0 Å². The Bertz CT molecular complexity index is 1070. The molecule has 0 bridgehead atoms. The van der Waals surface area contributed by atoms with E-state index in [2.05, 4.69) is 49.6 Å². The molecule has 0 aliphatic rings. The molecule has 2 unspecified atom stereocenters. The monoisotopic (exact) mass is 742 g/mol. The quantitative estimate of drug-likeness (QED) is 0.0145. The highest BCUT2D eigenvalue weighted by atomic mass is 31.2. The number of aliphatic hydroxyl groups is 2. The summed E-state index contributed by atoms with van der Waals surface area (Å²) in [6.07, 6.45) is 28.3. The minimum atomic E-state index is -4.66. The Hall–Kier alpha value is -2.40. The van der Waals surface area contributed by atoms with Crippen molar-refractivity contribution in [2.24, 2.45) is 5.92 Å². The zero-order valence-corrected chi connectivity index (χ0v) is 32.4. The first-order chi connectivity index (χ1) is 24.5. The number of ketones is 1. The Balaban J connectivity index is 4.59. The average molecular weight is 743 g/mol. The SMILES string of the molecule is CCCCC/C=C\C/C=C\C/C=C\C=C\C(=O)CCCC(=O)OC[C@H](COP(=O)(O)OC[C@@H](O)CO)OC(=O)CCCCCCCCC(C)CC. The van der Waals surface area contributed by atoms with E-state index >= 15 is 0 Å². The molecule has 0 aromatic heterocycles. The zero-order chi connectivity index (χ0) is 38.0. The standard InChI is InChI=1S/C39H67O11P/c1-4-6-7-8-9-10-11-12-13-14-15-19-22-26-35(41)27-24-29-38(43)47-32-37(33-49-51(45,46)48-31-36(42)30-40)50-39(44)28-23-20-17-16-18-21-25-34(3)5-2/h9-10,12-13,15,19,22,26,34,36-37,40,42H,4-8,11,14,16-18,20-21,23-25,27-33H2,1-3H3,(H,45,46)/b10-9-,13-12-,19-15-,26-22+/t34?,36-,37+/m0/s1. The fourth-order valence-corrected chi connectivity index (χ4v) is 5.42. The molecule has 51 heavy (non-hydrogen) atoms. The third-order valence-corrected chi connectivity index (χ3v) is 8.95. The first-order valence-corrected chi connectivity index (χ1v) is 20.4. The van der Waals surface area contributed by atoms with Crippen LogP contribution in [0, 0.1) is 5.92 Å². The van der Waals surface area contributed by atoms with E-state index < -0.39 is 58.4 Å². The predicted molar refractivity (Wildman–Crippen MR) is 201 cm³/mol. The Kier molecular flexibility index (Phi) is 31.9. The molecule has 0 radical (unpaired) electrons. The van der Waals surface area contributed by atoms with Crippen molar-refractivity contribution in [2.45, 2.75) is 149 Å². The second-order valence-electron chi connectivity index (χ2n) is 12.9. The number of rotatable bonds is 34. The van der Waals surface area contributed by atoms with Gasteiger partial charge in [0.15, 0.2) is 11.9 Å². The number of aliphatic hydroxyl groups excluding tert-OH is 2. The highest BCUT2D eigenvalue weighted by Crippen LogP contribution is 2.43. The summed E-state index contributed by atoms with van der Waals surface area (Å²) in [5, 5.41) is 18.2. The topological polar surface area (TPSA) is 166 Å². The largest absolute Gasteiger partial charge is 0.472 e. The molecule has 12 heteroatoms. The van der Waals surface area contributed by atoms with Gasteiger partial charge in [0.2, 0.25) is 0 Å². The number of hydrogen-bond acceptors (Lipinski definition) is 10. The third kappa shape index (κ3) is 33.2. The van der Waals surface area contributed by atoms with Gasteiger partial charge in [-0.1, -0.05) is 121 Å². The lowest BCUT2D eigenvalue weighted by Gasteiger charge is -2.20. The maximum Gasteiger partial charge on any atom is 0.472 e. The van der Waals surface area contributed by atoms with Crippen LogP contribution in [0.5, 0.6) is 0 Å². The molecule has 0 aromatic carbocycles. The van der Waals surface area contributed by atoms with Crippen LogP contribution in [-0.2, 0) is 37.5 Å². The number of unbranched alkanes of at least 4 members (excludes halogenated alkanes) is 8. The van der Waals surface area contributed by atoms with Gasteiger partial charge in [-0.3, -0.25) is 23.4 Å². The van der Waals surface area contributed by atoms with Gasteiger partial charge in [-0.05, 0) is 50.5 Å². The summed E-state index contributed by atoms with van der Waals surface area (Å²) in [7, 11) is -4.66. The van der Waals surface area contributed by atoms with Gasteiger partial charge in [0.25, 0.3) is 0 Å². The second-order valence-corrected chi connectivity index (χ2v) is 14.3. The van der Waals surface area contributed by atoms with Crippen LogP contribution in [0.1, 0.15) is 136 Å². The van der Waals surface area contributed by atoms with Crippen LogP contribution in [0.3, 0.4) is 0 Å². The summed E-state index contributed by atoms with van der Waals surface area (Å²) >= 11 is 0. The van der Waals surface area contributed by atoms with Gasteiger partial charge in [0, 0.05) is 19.3 Å². The summed E-state index contributed by atoms with van der Waals surface area (Å²) < 4.78 is 32.3. The number of phosphoric acid groups is 1. The molecule has 0 fully saturated rings. The lowest BCUT2D eigenvalue weighted by atomic mass is 10.00. The number of ether oxygens (including phenoxy) is 2. The summed E-state index contributed by atoms with van der Waals surface area (Å²) in [5.41, 5.74) is 0. The van der Waals surface area contributed by atoms with Crippen molar-refractivity contribution in [1.29, 1.82) is 0 Å². The molecule has 4 atom stereocenters. The van der Waals surface area contributed by atoms with Gasteiger partial charge in [0.05, 0.1) is 19.8 Å². The van der Waals surface area contributed by atoms with E-state index in [-0.39, 0.29) is 31.5 Å². The van der Waals surface area contributed by atoms with E-state index in [0.717, 1.165) is 50.9 Å². The Morgan fingerprint density at radius 2 is 1.37 bits per heavy atom. The van der Waals surface area contributed by atoms with Gasteiger partial charge in [-0.25, -0.2) is 4.57 Å². The molecule has 0 saturated heterocycles. The number of carbonyl (C=O) groups is 3. The van der Waals surface area contributed by atoms with Crippen LogP contribution in [0.25, 0.3) is 0 Å². The highest BCUT2D eigenvalue weighted by Gasteiger charge is 2.27. The molecule has 0 aromatic rings. The average Bonchev–Trinajstić information content (AvgIpc) is 3.11. The Morgan fingerprint density at radius 1 is 0.725 bits per heavy atom. The van der Waals surface area contributed by atoms with Gasteiger partial charge in [-0.15, -0.1) is 0 Å². The lowest BCUT2D eigenvalue weighted by Crippen LogP contribution is -2.29. The second kappa shape index (κ2) is 33.4. The van der Waals surface area contributed by atoms with Crippen LogP contribution >= 0.6 is 7.82 Å². The minimum absolute atomic E-state index is 0.0488. The van der Waals surface area contributed by atoms with Crippen LogP contribution in [-0.4, -0.2) is 71.5 Å². The van der Waals surface area contributed by atoms with Crippen molar-refractivity contribution in [3.63, 3.8) is 0 Å². The van der Waals surface area contributed by atoms with Gasteiger partial charge >= 0.3 is 19.8 Å². The third-order valence-electron chi connectivity index (χ3n) is 8.00. The lowest BCUT2D eigenvalue weighted by molar-refractivity contribution is -0.161. The molecular formula is C39H67O11P. The van der Waals surface area contributed by atoms with E-state index in [1.165, 1.54) is 44.6 Å². The molecule has 11 nitrogen and oxygen atoms in total. The van der Waals surface area contributed by atoms with Crippen molar-refractivity contribution in [1.82, 2.24) is 0 Å². The molecule has 0 rings (SSSR count). The molecule has 0 aliphatic carbocycles. The smallest absolute Gasteiger partial charge is 0.462 e. The van der Waals surface area contributed by atoms with E-state index in [1.54, 1.807) is 6.08 Å². The minimum Gasteiger partial charge on any atom is -0.462 e. The number of phosphoric ester groups is 1. The van der Waals surface area contributed by atoms with Crippen molar-refractivity contribution >= 4 is 25.5 Å². The summed E-state index contributed by atoms with van der Waals surface area (Å²) in [5.74, 6) is -0.575. The van der Waals surface area contributed by atoms with E-state index in [1.807, 2.05) is 12.2 Å². The van der Waals surface area contributed by atoms with E-state index in [9.17, 15) is 28.9 Å². The van der Waals surface area contributed by atoms with Gasteiger partial charge < -0.3 is 24.6 Å². The Morgan fingerprint density at radius 3 is 2.08 bits per heavy atom. The summed E-state index contributed by atoms with van der Waals surface area (Å²) in [6.45, 7) is 4.29. The maximum atomic E-state index is 12.5. The van der Waals surface area contributed by atoms with Crippen LogP contribution in [0.4, 0.5) is 0 Å². The van der Waals surface area contributed by atoms with Crippen LogP contribution in [0.15, 0.2) is 48.6 Å². The summed E-state index contributed by atoms with van der Waals surface area (Å²) in [4.78, 5) is 46.9. The predicted octanol–water partition coefficient (Wildman–Crippen LogP) is 8.42. The van der Waals surface area contributed by atoms with Crippen molar-refractivity contribution in [2.75, 3.05) is 26.4 Å². The highest BCUT2D eigenvalue weighted by molar-refractivity contribution is 7.47. The molecule has 3 N–H and O–H groups in total. The Labute approximate surface area is 307 Å². The molecule has 294 valence electrons. The van der Waals surface area contributed by atoms with Crippen molar-refractivity contribution in [3.8, 4) is 0 Å². The fourth-order valence-electron chi connectivity index (χ4n) is 4.63. The van der Waals surface area contributed by atoms with E-state index in [0.29, 0.717) is 6.42 Å². The molecule has 0 heterocycles. The number of hydrogen-bond donors (Lipinski definition) is 3. The van der Waals surface area contributed by atoms with Gasteiger partial charge in [-0.2, -0.15) is 0 Å². The first-order valence-electron chi connectivity index (χ1n) is 18.9. The normalized spacial score (nSPS) is 15.1. The number of allylic oxidation sites excluding steroid dienone is 8. The van der Waals surface area contributed by atoms with Gasteiger partial charge in [0.1, 0.15) is 12.7 Å². The van der Waals surface area contributed by atoms with Crippen molar-refractivity contribution < 1.29 is 52.6 Å². The van der Waals surface area contributed by atoms with E-state index in [4.69, 9.17) is 19.1 Å². The fraction of sp³-hybridized carbons (Fsp3) is 0.718. The number of carbonyl (C=O) groups excluding carboxylic acids is 3. The number of esters is 2. The maximum absolute atomic E-state index is 12.5. The molecule has 0 spiro atoms. The summed E-state index contributed by atoms with van der Waals surface area (Å²) in [6, 6.07) is 0. The molecule has 0 saturated carbocycles. The van der Waals surface area contributed by atoms with Crippen LogP contribution < -0.4 is 0 Å².